The van der Waals surface area contributed by atoms with E-state index in [-0.39, 0.29) is 0 Å². The number of unbranched alkanes of at least 4 members (excludes halogenated alkanes) is 22. The van der Waals surface area contributed by atoms with Gasteiger partial charge in [-0.05, 0) is 50.7 Å². The fraction of sp³-hybridized carbons (Fsp3) is 1.00. The average Bonchev–Trinajstić information content (AvgIpc) is 2.84. The van der Waals surface area contributed by atoms with Crippen molar-refractivity contribution in [3.63, 3.8) is 0 Å². The lowest BCUT2D eigenvalue weighted by molar-refractivity contribution is 0.238. The van der Waals surface area contributed by atoms with E-state index in [9.17, 15) is 0 Å². The second-order valence-electron chi connectivity index (χ2n) is 13.3. The molecule has 0 heterocycles. The van der Waals surface area contributed by atoms with Gasteiger partial charge in [-0.25, -0.2) is 0 Å². The van der Waals surface area contributed by atoms with Gasteiger partial charge in [0.25, 0.3) is 0 Å². The summed E-state index contributed by atoms with van der Waals surface area (Å²) in [6.07, 6.45) is 37.6. The molecule has 0 aromatic heterocycles. The highest BCUT2D eigenvalue weighted by Crippen LogP contribution is 2.21. The number of hydrogen-bond acceptors (Lipinski definition) is 1. The van der Waals surface area contributed by atoms with Crippen molar-refractivity contribution >= 4 is 0 Å². The SMILES string of the molecule is CCCCCCCCCCCCCCN(CCCCCCCCCCCCCC)CCCC(C)(C)C. The molecule has 218 valence electrons. The van der Waals surface area contributed by atoms with Crippen LogP contribution in [0.2, 0.25) is 0 Å². The van der Waals surface area contributed by atoms with Gasteiger partial charge in [-0.1, -0.05) is 176 Å². The third-order valence-electron chi connectivity index (χ3n) is 8.06. The zero-order chi connectivity index (χ0) is 26.6. The summed E-state index contributed by atoms with van der Waals surface area (Å²) in [6, 6.07) is 0. The van der Waals surface area contributed by atoms with Crippen molar-refractivity contribution in [2.75, 3.05) is 19.6 Å². The third-order valence-corrected chi connectivity index (χ3v) is 8.06. The van der Waals surface area contributed by atoms with E-state index >= 15 is 0 Å². The second-order valence-corrected chi connectivity index (χ2v) is 13.3. The van der Waals surface area contributed by atoms with Crippen LogP contribution in [0.1, 0.15) is 202 Å². The Hall–Kier alpha value is -0.0400. The largest absolute Gasteiger partial charge is 0.303 e. The van der Waals surface area contributed by atoms with Crippen molar-refractivity contribution in [2.45, 2.75) is 202 Å². The van der Waals surface area contributed by atoms with E-state index in [1.165, 1.54) is 187 Å². The molecule has 0 bridgehead atoms. The van der Waals surface area contributed by atoms with E-state index in [1.807, 2.05) is 0 Å². The molecule has 0 aliphatic rings. The van der Waals surface area contributed by atoms with Crippen LogP contribution in [0, 0.1) is 5.41 Å². The molecule has 0 aromatic carbocycles. The molecule has 0 saturated heterocycles. The average molecular weight is 508 g/mol. The lowest BCUT2D eigenvalue weighted by Crippen LogP contribution is -2.28. The Morgan fingerprint density at radius 2 is 0.583 bits per heavy atom. The fourth-order valence-electron chi connectivity index (χ4n) is 5.52. The molecule has 0 aliphatic carbocycles. The molecule has 0 N–H and O–H groups in total. The topological polar surface area (TPSA) is 3.24 Å². The quantitative estimate of drug-likeness (QED) is 0.0909. The molecule has 0 radical (unpaired) electrons. The monoisotopic (exact) mass is 508 g/mol. The summed E-state index contributed by atoms with van der Waals surface area (Å²) >= 11 is 0. The van der Waals surface area contributed by atoms with Gasteiger partial charge in [0, 0.05) is 0 Å². The van der Waals surface area contributed by atoms with E-state index in [1.54, 1.807) is 0 Å². The smallest absolute Gasteiger partial charge is 0.00185 e. The maximum Gasteiger partial charge on any atom is -0.00185 e. The highest BCUT2D eigenvalue weighted by Gasteiger charge is 2.11. The van der Waals surface area contributed by atoms with Crippen LogP contribution in [0.25, 0.3) is 0 Å². The standard InChI is InChI=1S/C35H73N/c1-6-8-10-12-14-16-18-20-22-24-26-28-32-36(34-30-31-35(3,4)5)33-29-27-25-23-21-19-17-15-13-11-9-7-2/h6-34H2,1-5H3. The third kappa shape index (κ3) is 30.2. The van der Waals surface area contributed by atoms with E-state index < -0.39 is 0 Å². The van der Waals surface area contributed by atoms with Crippen LogP contribution in [0.3, 0.4) is 0 Å². The zero-order valence-corrected chi connectivity index (χ0v) is 26.5. The fourth-order valence-corrected chi connectivity index (χ4v) is 5.52. The van der Waals surface area contributed by atoms with Crippen LogP contribution in [-0.2, 0) is 0 Å². The Bertz CT molecular complexity index is 368. The van der Waals surface area contributed by atoms with Crippen LogP contribution in [-0.4, -0.2) is 24.5 Å². The highest BCUT2D eigenvalue weighted by molar-refractivity contribution is 4.65. The Morgan fingerprint density at radius 3 is 0.861 bits per heavy atom. The van der Waals surface area contributed by atoms with Crippen LogP contribution < -0.4 is 0 Å². The van der Waals surface area contributed by atoms with Gasteiger partial charge in [0.1, 0.15) is 0 Å². The van der Waals surface area contributed by atoms with Crippen LogP contribution >= 0.6 is 0 Å². The van der Waals surface area contributed by atoms with Gasteiger partial charge in [0.15, 0.2) is 0 Å². The van der Waals surface area contributed by atoms with Gasteiger partial charge < -0.3 is 4.90 Å². The lowest BCUT2D eigenvalue weighted by atomic mass is 9.90. The normalized spacial score (nSPS) is 12.2. The molecule has 0 rings (SSSR count). The lowest BCUT2D eigenvalue weighted by Gasteiger charge is -2.25. The minimum atomic E-state index is 0.484. The van der Waals surface area contributed by atoms with Gasteiger partial charge in [-0.3, -0.25) is 0 Å². The Labute approximate surface area is 231 Å². The number of hydrogen-bond donors (Lipinski definition) is 0. The van der Waals surface area contributed by atoms with E-state index in [0.29, 0.717) is 5.41 Å². The first-order valence-electron chi connectivity index (χ1n) is 17.2. The van der Waals surface area contributed by atoms with E-state index in [4.69, 9.17) is 0 Å². The molecule has 0 atom stereocenters. The molecule has 0 fully saturated rings. The molecule has 0 unspecified atom stereocenters. The van der Waals surface area contributed by atoms with Crippen molar-refractivity contribution in [3.05, 3.63) is 0 Å². The predicted molar refractivity (Wildman–Crippen MR) is 167 cm³/mol. The first kappa shape index (κ1) is 36.0. The van der Waals surface area contributed by atoms with Gasteiger partial charge in [0.05, 0.1) is 0 Å². The maximum absolute atomic E-state index is 2.82. The zero-order valence-electron chi connectivity index (χ0n) is 26.5. The Balaban J connectivity index is 3.77. The summed E-state index contributed by atoms with van der Waals surface area (Å²) in [5.41, 5.74) is 0.484. The van der Waals surface area contributed by atoms with Gasteiger partial charge in [0.2, 0.25) is 0 Å². The molecule has 1 heteroatoms. The highest BCUT2D eigenvalue weighted by atomic mass is 15.1. The van der Waals surface area contributed by atoms with Gasteiger partial charge >= 0.3 is 0 Å². The molecule has 0 saturated carbocycles. The Kier molecular flexibility index (Phi) is 27.9. The van der Waals surface area contributed by atoms with Gasteiger partial charge in [-0.15, -0.1) is 0 Å². The minimum Gasteiger partial charge on any atom is -0.303 e. The summed E-state index contributed by atoms with van der Waals surface area (Å²) in [5, 5.41) is 0. The predicted octanol–water partition coefficient (Wildman–Crippen LogP) is 12.5. The summed E-state index contributed by atoms with van der Waals surface area (Å²) in [6.45, 7) is 15.8. The van der Waals surface area contributed by atoms with Crippen LogP contribution in [0.4, 0.5) is 0 Å². The maximum atomic E-state index is 2.82. The molecule has 0 aliphatic heterocycles. The first-order valence-corrected chi connectivity index (χ1v) is 17.2. The molecule has 36 heavy (non-hydrogen) atoms. The number of rotatable bonds is 29. The molecule has 1 nitrogen and oxygen atoms in total. The van der Waals surface area contributed by atoms with Crippen molar-refractivity contribution in [1.82, 2.24) is 4.90 Å². The second kappa shape index (κ2) is 28.0. The van der Waals surface area contributed by atoms with Crippen molar-refractivity contribution in [2.24, 2.45) is 5.41 Å². The minimum absolute atomic E-state index is 0.484. The first-order chi connectivity index (χ1) is 17.5. The molecular weight excluding hydrogens is 434 g/mol. The van der Waals surface area contributed by atoms with E-state index in [0.717, 1.165) is 0 Å². The number of nitrogens with zero attached hydrogens (tertiary/aromatic N) is 1. The summed E-state index contributed by atoms with van der Waals surface area (Å²) in [5.74, 6) is 0. The van der Waals surface area contributed by atoms with Crippen molar-refractivity contribution in [3.8, 4) is 0 Å². The molecule has 0 aromatic rings. The summed E-state index contributed by atoms with van der Waals surface area (Å²) in [7, 11) is 0. The molecular formula is C35H73N. The molecule has 0 amide bonds. The van der Waals surface area contributed by atoms with Crippen molar-refractivity contribution < 1.29 is 0 Å². The van der Waals surface area contributed by atoms with Gasteiger partial charge in [-0.2, -0.15) is 0 Å². The van der Waals surface area contributed by atoms with E-state index in [2.05, 4.69) is 39.5 Å². The summed E-state index contributed by atoms with van der Waals surface area (Å²) < 4.78 is 0. The summed E-state index contributed by atoms with van der Waals surface area (Å²) in [4.78, 5) is 2.82. The molecule has 0 spiro atoms. The van der Waals surface area contributed by atoms with Crippen LogP contribution in [0.15, 0.2) is 0 Å². The Morgan fingerprint density at radius 1 is 0.333 bits per heavy atom. The van der Waals surface area contributed by atoms with Crippen LogP contribution in [0.5, 0.6) is 0 Å². The van der Waals surface area contributed by atoms with Crippen molar-refractivity contribution in [1.29, 1.82) is 0 Å².